The number of hydrogen-bond acceptors (Lipinski definition) is 7. The van der Waals surface area contributed by atoms with Crippen molar-refractivity contribution in [2.45, 2.75) is 155 Å². The lowest BCUT2D eigenvalue weighted by Crippen LogP contribution is -2.37. The van der Waals surface area contributed by atoms with Crippen LogP contribution in [0.5, 0.6) is 0 Å². The summed E-state index contributed by atoms with van der Waals surface area (Å²) in [6.45, 7) is 5.14. The Morgan fingerprint density at radius 3 is 1.52 bits per heavy atom. The van der Waals surface area contributed by atoms with Crippen molar-refractivity contribution in [2.24, 2.45) is 0 Å². The van der Waals surface area contributed by atoms with E-state index in [2.05, 4.69) is 98.9 Å². The molecule has 56 heavy (non-hydrogen) atoms. The minimum Gasteiger partial charge on any atom is -0.756 e. The molecular weight excluding hydrogens is 721 g/mol. The lowest BCUT2D eigenvalue weighted by atomic mass is 10.1. The molecule has 0 heterocycles. The number of nitrogens with zero attached hydrogens (tertiary/aromatic N) is 1. The van der Waals surface area contributed by atoms with Crippen LogP contribution in [0.15, 0.2) is 85.1 Å². The average Bonchev–Trinajstić information content (AvgIpc) is 3.15. The molecule has 0 fully saturated rings. The van der Waals surface area contributed by atoms with Gasteiger partial charge in [-0.05, 0) is 70.6 Å². The second kappa shape index (κ2) is 39.5. The lowest BCUT2D eigenvalue weighted by Gasteiger charge is -2.28. The Bertz CT molecular complexity index is 1170. The summed E-state index contributed by atoms with van der Waals surface area (Å²) in [5, 5.41) is 0. The molecule has 0 aromatic carbocycles. The van der Waals surface area contributed by atoms with Crippen molar-refractivity contribution in [1.29, 1.82) is 0 Å². The number of rotatable bonds is 39. The Balaban J connectivity index is 4.28. The van der Waals surface area contributed by atoms with Gasteiger partial charge in [0.05, 0.1) is 34.4 Å². The predicted molar refractivity (Wildman–Crippen MR) is 235 cm³/mol. The molecule has 0 aliphatic carbocycles. The zero-order chi connectivity index (χ0) is 41.3. The largest absolute Gasteiger partial charge is 0.756 e. The highest BCUT2D eigenvalue weighted by molar-refractivity contribution is 7.45. The number of allylic oxidation sites excluding steroid dienone is 14. The van der Waals surface area contributed by atoms with Gasteiger partial charge in [-0.2, -0.15) is 0 Å². The van der Waals surface area contributed by atoms with Crippen molar-refractivity contribution < 1.29 is 37.3 Å². The van der Waals surface area contributed by atoms with Crippen LogP contribution in [0.3, 0.4) is 0 Å². The molecule has 0 rings (SSSR count). The topological polar surface area (TPSA) is 94.1 Å². The second-order valence-corrected chi connectivity index (χ2v) is 16.7. The highest BCUT2D eigenvalue weighted by atomic mass is 31.2. The third-order valence-electron chi connectivity index (χ3n) is 8.71. The molecule has 0 saturated heterocycles. The predicted octanol–water partition coefficient (Wildman–Crippen LogP) is 12.2. The fourth-order valence-electron chi connectivity index (χ4n) is 5.35. The maximum atomic E-state index is 12.6. The Morgan fingerprint density at radius 2 is 1.04 bits per heavy atom. The van der Waals surface area contributed by atoms with Crippen LogP contribution in [0.25, 0.3) is 0 Å². The Labute approximate surface area is 344 Å². The molecule has 0 aliphatic rings. The monoisotopic (exact) mass is 804 g/mol. The van der Waals surface area contributed by atoms with Crippen LogP contribution in [-0.4, -0.2) is 70.7 Å². The molecule has 8 nitrogen and oxygen atoms in total. The molecule has 9 heteroatoms. The van der Waals surface area contributed by atoms with E-state index < -0.39 is 13.9 Å². The third-order valence-corrected chi connectivity index (χ3v) is 9.68. The van der Waals surface area contributed by atoms with Crippen molar-refractivity contribution in [3.05, 3.63) is 85.1 Å². The van der Waals surface area contributed by atoms with Gasteiger partial charge in [0.15, 0.2) is 0 Å². The number of phosphoric acid groups is 1. The van der Waals surface area contributed by atoms with E-state index in [4.69, 9.17) is 18.5 Å². The molecule has 0 saturated carbocycles. The zero-order valence-electron chi connectivity index (χ0n) is 36.3. The summed E-state index contributed by atoms with van der Waals surface area (Å²) in [4.78, 5) is 25.0. The molecule has 0 radical (unpaired) electrons. The number of phosphoric ester groups is 1. The normalized spacial score (nSPS) is 14.6. The molecule has 0 aliphatic heterocycles. The van der Waals surface area contributed by atoms with Gasteiger partial charge in [0.2, 0.25) is 0 Å². The second-order valence-electron chi connectivity index (χ2n) is 15.3. The van der Waals surface area contributed by atoms with Crippen molar-refractivity contribution in [3.63, 3.8) is 0 Å². The van der Waals surface area contributed by atoms with Crippen LogP contribution in [0.4, 0.5) is 0 Å². The summed E-state index contributed by atoms with van der Waals surface area (Å²) in [6.07, 6.45) is 51.8. The van der Waals surface area contributed by atoms with Gasteiger partial charge in [-0.15, -0.1) is 0 Å². The summed E-state index contributed by atoms with van der Waals surface area (Å²) in [7, 11) is 1.31. The van der Waals surface area contributed by atoms with Crippen LogP contribution >= 0.6 is 7.82 Å². The van der Waals surface area contributed by atoms with Gasteiger partial charge in [-0.25, -0.2) is 0 Å². The molecule has 0 aromatic rings. The number of quaternary nitrogens is 1. The van der Waals surface area contributed by atoms with Gasteiger partial charge < -0.3 is 27.9 Å². The molecule has 322 valence electrons. The lowest BCUT2D eigenvalue weighted by molar-refractivity contribution is -0.870. The molecular formula is C47H82NO7P. The SMILES string of the molecule is CC/C=C\C/C=C\C/C=C\C/C=C\C/C=C\C/C=C\C/C=C\CCCCOCC(COP(=O)([O-])OCC[N+](C)(C)C)OC(=O)CCCCCCCCCCCC. The van der Waals surface area contributed by atoms with E-state index in [1.807, 2.05) is 21.1 Å². The van der Waals surface area contributed by atoms with Crippen molar-refractivity contribution >= 4 is 13.8 Å². The molecule has 2 unspecified atom stereocenters. The fraction of sp³-hybridized carbons (Fsp3) is 0.681. The Kier molecular flexibility index (Phi) is 37.9. The first-order valence-corrected chi connectivity index (χ1v) is 23.3. The van der Waals surface area contributed by atoms with E-state index in [0.29, 0.717) is 24.1 Å². The van der Waals surface area contributed by atoms with Crippen molar-refractivity contribution in [1.82, 2.24) is 0 Å². The van der Waals surface area contributed by atoms with E-state index in [9.17, 15) is 14.3 Å². The first kappa shape index (κ1) is 53.7. The number of likely N-dealkylation sites (N-methyl/N-ethyl adjacent to an activating group) is 1. The van der Waals surface area contributed by atoms with E-state index in [0.717, 1.165) is 83.5 Å². The molecule has 0 bridgehead atoms. The van der Waals surface area contributed by atoms with Gasteiger partial charge in [-0.3, -0.25) is 9.36 Å². The van der Waals surface area contributed by atoms with E-state index >= 15 is 0 Å². The van der Waals surface area contributed by atoms with Crippen LogP contribution in [-0.2, 0) is 27.9 Å². The standard InChI is InChI=1S/C47H82NO7P/c1-6-8-10-12-14-16-18-19-20-21-22-23-24-25-26-27-28-29-30-31-33-35-37-39-42-52-44-46(45-54-56(50,51)53-43-41-48(3,4)5)55-47(49)40-38-36-34-32-17-15-13-11-9-7-2/h8,10,14,16,19-20,22-23,25-26,28-29,31,33,46H,6-7,9,11-13,15,17-18,21,24,27,30,32,34-45H2,1-5H3/b10-8-,16-14-,20-19-,23-22-,26-25-,29-28-,33-31-. The van der Waals surface area contributed by atoms with Crippen LogP contribution in [0.2, 0.25) is 0 Å². The Hall–Kier alpha value is -2.32. The molecule has 0 aromatic heterocycles. The van der Waals surface area contributed by atoms with Gasteiger partial charge in [-0.1, -0.05) is 157 Å². The summed E-state index contributed by atoms with van der Waals surface area (Å²) in [5.74, 6) is -0.356. The maximum absolute atomic E-state index is 12.6. The maximum Gasteiger partial charge on any atom is 0.306 e. The number of ether oxygens (including phenoxy) is 2. The quantitative estimate of drug-likeness (QED) is 0.0201. The van der Waals surface area contributed by atoms with Crippen LogP contribution in [0.1, 0.15) is 149 Å². The van der Waals surface area contributed by atoms with Gasteiger partial charge in [0, 0.05) is 13.0 Å². The van der Waals surface area contributed by atoms with Gasteiger partial charge in [0.1, 0.15) is 19.3 Å². The summed E-state index contributed by atoms with van der Waals surface area (Å²) in [6, 6.07) is 0. The minimum atomic E-state index is -4.54. The summed E-state index contributed by atoms with van der Waals surface area (Å²) >= 11 is 0. The number of carbonyl (C=O) groups is 1. The summed E-state index contributed by atoms with van der Waals surface area (Å²) < 4.78 is 34.4. The average molecular weight is 804 g/mol. The number of unbranched alkanes of at least 4 members (excludes halogenated alkanes) is 11. The highest BCUT2D eigenvalue weighted by Gasteiger charge is 2.20. The highest BCUT2D eigenvalue weighted by Crippen LogP contribution is 2.38. The number of esters is 1. The zero-order valence-corrected chi connectivity index (χ0v) is 37.2. The third kappa shape index (κ3) is 42.8. The number of carbonyl (C=O) groups excluding carboxylic acids is 1. The molecule has 0 N–H and O–H groups in total. The van der Waals surface area contributed by atoms with Crippen LogP contribution in [0, 0.1) is 0 Å². The first-order valence-electron chi connectivity index (χ1n) is 21.8. The molecule has 0 amide bonds. The number of hydrogen-bond donors (Lipinski definition) is 0. The van der Waals surface area contributed by atoms with E-state index in [-0.39, 0.29) is 25.8 Å². The van der Waals surface area contributed by atoms with Gasteiger partial charge in [0.25, 0.3) is 7.82 Å². The van der Waals surface area contributed by atoms with E-state index in [1.165, 1.54) is 44.9 Å². The molecule has 0 spiro atoms. The van der Waals surface area contributed by atoms with Crippen molar-refractivity contribution in [2.75, 3.05) is 54.1 Å². The smallest absolute Gasteiger partial charge is 0.306 e. The fourth-order valence-corrected chi connectivity index (χ4v) is 6.08. The first-order chi connectivity index (χ1) is 27.1. The van der Waals surface area contributed by atoms with E-state index in [1.54, 1.807) is 0 Å². The van der Waals surface area contributed by atoms with Crippen LogP contribution < -0.4 is 4.89 Å². The van der Waals surface area contributed by atoms with Gasteiger partial charge >= 0.3 is 5.97 Å². The van der Waals surface area contributed by atoms with Crippen molar-refractivity contribution in [3.8, 4) is 0 Å². The Morgan fingerprint density at radius 1 is 0.571 bits per heavy atom. The summed E-state index contributed by atoms with van der Waals surface area (Å²) in [5.41, 5.74) is 0. The molecule has 2 atom stereocenters. The minimum absolute atomic E-state index is 0.0137.